The van der Waals surface area contributed by atoms with Crippen LogP contribution in [0.2, 0.25) is 0 Å². The van der Waals surface area contributed by atoms with Gasteiger partial charge in [-0.05, 0) is 34.5 Å². The van der Waals surface area contributed by atoms with Gasteiger partial charge in [-0.25, -0.2) is 0 Å². The molecule has 5 nitrogen and oxygen atoms in total. The molecule has 0 saturated carbocycles. The fourth-order valence-corrected chi connectivity index (χ4v) is 2.43. The Balaban J connectivity index is 2.39. The van der Waals surface area contributed by atoms with Gasteiger partial charge in [-0.15, -0.1) is 0 Å². The van der Waals surface area contributed by atoms with Crippen molar-refractivity contribution >= 4 is 5.91 Å². The Labute approximate surface area is 117 Å². The highest BCUT2D eigenvalue weighted by atomic mass is 16.2. The third-order valence-corrected chi connectivity index (χ3v) is 3.68. The Hall–Kier alpha value is -0.650. The number of piperazine rings is 1. The molecule has 1 saturated heterocycles. The van der Waals surface area contributed by atoms with Gasteiger partial charge in [0.15, 0.2) is 0 Å². The van der Waals surface area contributed by atoms with E-state index in [1.807, 2.05) is 25.7 Å². The molecule has 0 radical (unpaired) electrons. The summed E-state index contributed by atoms with van der Waals surface area (Å²) in [5.74, 6) is 0.224. The molecular weight excluding hydrogens is 240 g/mol. The zero-order valence-electron chi connectivity index (χ0n) is 13.2. The molecule has 5 heteroatoms. The molecule has 0 aromatic heterocycles. The second kappa shape index (κ2) is 7.22. The van der Waals surface area contributed by atoms with E-state index in [1.54, 1.807) is 0 Å². The van der Waals surface area contributed by atoms with Crippen LogP contribution in [0.4, 0.5) is 0 Å². The standard InChI is InChI=1S/C14H30N4O/c1-6-15-14(2,3)13(19)18-11-9-17(10-12-18)8-7-16(4)5/h15H,6-12H2,1-5H3. The molecule has 0 bridgehead atoms. The second-order valence-electron chi connectivity index (χ2n) is 6.09. The van der Waals surface area contributed by atoms with Gasteiger partial charge < -0.3 is 15.1 Å². The van der Waals surface area contributed by atoms with E-state index in [2.05, 4.69) is 29.2 Å². The van der Waals surface area contributed by atoms with Crippen molar-refractivity contribution in [3.8, 4) is 0 Å². The predicted octanol–water partition coefficient (Wildman–Crippen LogP) is 0.0803. The monoisotopic (exact) mass is 270 g/mol. The molecule has 1 N–H and O–H groups in total. The molecule has 1 heterocycles. The van der Waals surface area contributed by atoms with Crippen LogP contribution in [0.15, 0.2) is 0 Å². The van der Waals surface area contributed by atoms with Crippen LogP contribution in [-0.2, 0) is 4.79 Å². The topological polar surface area (TPSA) is 38.8 Å². The molecule has 0 spiro atoms. The molecule has 112 valence electrons. The summed E-state index contributed by atoms with van der Waals surface area (Å²) in [7, 11) is 4.19. The Bertz CT molecular complexity index is 283. The predicted molar refractivity (Wildman–Crippen MR) is 79.3 cm³/mol. The lowest BCUT2D eigenvalue weighted by Crippen LogP contribution is -2.58. The SMILES string of the molecule is CCNC(C)(C)C(=O)N1CCN(CCN(C)C)CC1. The van der Waals surface area contributed by atoms with E-state index in [0.29, 0.717) is 0 Å². The second-order valence-corrected chi connectivity index (χ2v) is 6.09. The van der Waals surface area contributed by atoms with E-state index < -0.39 is 5.54 Å². The van der Waals surface area contributed by atoms with Crippen molar-refractivity contribution in [1.82, 2.24) is 20.0 Å². The number of hydrogen-bond donors (Lipinski definition) is 1. The minimum Gasteiger partial charge on any atom is -0.339 e. The maximum absolute atomic E-state index is 12.4. The molecule has 19 heavy (non-hydrogen) atoms. The van der Waals surface area contributed by atoms with Crippen molar-refractivity contribution in [2.45, 2.75) is 26.3 Å². The van der Waals surface area contributed by atoms with Gasteiger partial charge in [0.1, 0.15) is 0 Å². The summed E-state index contributed by atoms with van der Waals surface area (Å²) in [6.45, 7) is 12.6. The van der Waals surface area contributed by atoms with Gasteiger partial charge in [0.25, 0.3) is 0 Å². The molecule has 1 rings (SSSR count). The minimum atomic E-state index is -0.444. The van der Waals surface area contributed by atoms with E-state index in [0.717, 1.165) is 45.8 Å². The van der Waals surface area contributed by atoms with Gasteiger partial charge in [-0.2, -0.15) is 0 Å². The summed E-state index contributed by atoms with van der Waals surface area (Å²) in [6.07, 6.45) is 0. The average molecular weight is 270 g/mol. The Morgan fingerprint density at radius 3 is 2.26 bits per heavy atom. The first-order valence-electron chi connectivity index (χ1n) is 7.28. The van der Waals surface area contributed by atoms with Gasteiger partial charge >= 0.3 is 0 Å². The molecular formula is C14H30N4O. The molecule has 0 aromatic carbocycles. The number of likely N-dealkylation sites (N-methyl/N-ethyl adjacent to an activating group) is 2. The van der Waals surface area contributed by atoms with Gasteiger partial charge in [0, 0.05) is 39.3 Å². The smallest absolute Gasteiger partial charge is 0.242 e. The third-order valence-electron chi connectivity index (χ3n) is 3.68. The largest absolute Gasteiger partial charge is 0.339 e. The number of nitrogens with one attached hydrogen (secondary N) is 1. The third kappa shape index (κ3) is 5.09. The van der Waals surface area contributed by atoms with Gasteiger partial charge in [0.05, 0.1) is 5.54 Å². The zero-order chi connectivity index (χ0) is 14.5. The molecule has 0 atom stereocenters. The van der Waals surface area contributed by atoms with Crippen molar-refractivity contribution in [1.29, 1.82) is 0 Å². The van der Waals surface area contributed by atoms with Crippen LogP contribution in [0.1, 0.15) is 20.8 Å². The van der Waals surface area contributed by atoms with Gasteiger partial charge in [-0.1, -0.05) is 6.92 Å². The highest BCUT2D eigenvalue weighted by molar-refractivity contribution is 5.85. The summed E-state index contributed by atoms with van der Waals surface area (Å²) in [4.78, 5) is 19.0. The number of carbonyl (C=O) groups excluding carboxylic acids is 1. The summed E-state index contributed by atoms with van der Waals surface area (Å²) in [5, 5.41) is 3.26. The number of hydrogen-bond acceptors (Lipinski definition) is 4. The van der Waals surface area contributed by atoms with Crippen LogP contribution in [-0.4, -0.2) is 86.1 Å². The number of carbonyl (C=O) groups is 1. The van der Waals surface area contributed by atoms with Crippen molar-refractivity contribution in [3.05, 3.63) is 0 Å². The number of rotatable bonds is 6. The summed E-state index contributed by atoms with van der Waals surface area (Å²) >= 11 is 0. The number of nitrogens with zero attached hydrogens (tertiary/aromatic N) is 3. The van der Waals surface area contributed by atoms with Gasteiger partial charge in [0.2, 0.25) is 5.91 Å². The maximum atomic E-state index is 12.4. The Morgan fingerprint density at radius 1 is 1.21 bits per heavy atom. The van der Waals surface area contributed by atoms with Crippen LogP contribution in [0.5, 0.6) is 0 Å². The first-order chi connectivity index (χ1) is 8.86. The highest BCUT2D eigenvalue weighted by Gasteiger charge is 2.32. The first kappa shape index (κ1) is 16.4. The molecule has 0 aliphatic carbocycles. The molecule has 1 aliphatic rings. The minimum absolute atomic E-state index is 0.224. The van der Waals surface area contributed by atoms with Crippen LogP contribution >= 0.6 is 0 Å². The average Bonchev–Trinajstić information content (AvgIpc) is 2.36. The van der Waals surface area contributed by atoms with Crippen LogP contribution < -0.4 is 5.32 Å². The fourth-order valence-electron chi connectivity index (χ4n) is 2.43. The van der Waals surface area contributed by atoms with Crippen LogP contribution in [0, 0.1) is 0 Å². The van der Waals surface area contributed by atoms with E-state index >= 15 is 0 Å². The van der Waals surface area contributed by atoms with Crippen LogP contribution in [0.3, 0.4) is 0 Å². The van der Waals surface area contributed by atoms with Crippen LogP contribution in [0.25, 0.3) is 0 Å². The van der Waals surface area contributed by atoms with Crippen molar-refractivity contribution in [2.24, 2.45) is 0 Å². The van der Waals surface area contributed by atoms with Crippen molar-refractivity contribution in [3.63, 3.8) is 0 Å². The van der Waals surface area contributed by atoms with E-state index in [-0.39, 0.29) is 5.91 Å². The van der Waals surface area contributed by atoms with E-state index in [1.165, 1.54) is 0 Å². The van der Waals surface area contributed by atoms with E-state index in [4.69, 9.17) is 0 Å². The molecule has 1 amide bonds. The highest BCUT2D eigenvalue weighted by Crippen LogP contribution is 2.11. The van der Waals surface area contributed by atoms with Crippen molar-refractivity contribution < 1.29 is 4.79 Å². The summed E-state index contributed by atoms with van der Waals surface area (Å²) in [6, 6.07) is 0. The normalized spacial score (nSPS) is 18.1. The molecule has 0 unspecified atom stereocenters. The zero-order valence-corrected chi connectivity index (χ0v) is 13.2. The summed E-state index contributed by atoms with van der Waals surface area (Å²) < 4.78 is 0. The van der Waals surface area contributed by atoms with Crippen molar-refractivity contribution in [2.75, 3.05) is 59.9 Å². The quantitative estimate of drug-likeness (QED) is 0.742. The number of amides is 1. The first-order valence-corrected chi connectivity index (χ1v) is 7.28. The Morgan fingerprint density at radius 2 is 1.79 bits per heavy atom. The molecule has 0 aromatic rings. The molecule has 1 fully saturated rings. The Kier molecular flexibility index (Phi) is 6.23. The maximum Gasteiger partial charge on any atom is 0.242 e. The lowest BCUT2D eigenvalue weighted by Gasteiger charge is -2.39. The molecule has 1 aliphatic heterocycles. The fraction of sp³-hybridized carbons (Fsp3) is 0.929. The lowest BCUT2D eigenvalue weighted by atomic mass is 10.0. The van der Waals surface area contributed by atoms with Gasteiger partial charge in [-0.3, -0.25) is 9.69 Å². The summed E-state index contributed by atoms with van der Waals surface area (Å²) in [5.41, 5.74) is -0.444. The van der Waals surface area contributed by atoms with E-state index in [9.17, 15) is 4.79 Å². The lowest BCUT2D eigenvalue weighted by molar-refractivity contribution is -0.138.